The number of aromatic amines is 1. The number of nitrogens with zero attached hydrogens (tertiary/aromatic N) is 1. The molecule has 9 heteroatoms. The number of hydrogen-bond donors (Lipinski definition) is 2. The number of methoxy groups -OCH3 is 1. The third-order valence-electron chi connectivity index (χ3n) is 2.70. The lowest BCUT2D eigenvalue weighted by Crippen LogP contribution is -2.15. The van der Waals surface area contributed by atoms with E-state index in [-0.39, 0.29) is 16.4 Å². The van der Waals surface area contributed by atoms with Gasteiger partial charge >= 0.3 is 11.8 Å². The fourth-order valence-electron chi connectivity index (χ4n) is 1.65. The molecule has 0 aliphatic carbocycles. The third kappa shape index (κ3) is 2.92. The van der Waals surface area contributed by atoms with Gasteiger partial charge in [0, 0.05) is 6.07 Å². The van der Waals surface area contributed by atoms with E-state index >= 15 is 0 Å². The van der Waals surface area contributed by atoms with Crippen molar-refractivity contribution in [1.29, 1.82) is 0 Å². The molecule has 2 heterocycles. The standard InChI is InChI=1S/C12H11N3O5S/c1-6-5-21-10(12(17)20-2)9(6)14-11(16)7-3-4-8(13-7)15(18)19/h3-5,13H,1-2H3,(H,14,16). The lowest BCUT2D eigenvalue weighted by molar-refractivity contribution is -0.389. The molecule has 0 atom stereocenters. The van der Waals surface area contributed by atoms with Crippen LogP contribution in [0.3, 0.4) is 0 Å². The van der Waals surface area contributed by atoms with Crippen LogP contribution in [0.2, 0.25) is 0 Å². The molecule has 1 amide bonds. The first kappa shape index (κ1) is 14.7. The van der Waals surface area contributed by atoms with Gasteiger partial charge in [-0.05, 0) is 28.9 Å². The molecule has 2 aromatic rings. The molecule has 0 bridgehead atoms. The molecule has 110 valence electrons. The highest BCUT2D eigenvalue weighted by Gasteiger charge is 2.21. The summed E-state index contributed by atoms with van der Waals surface area (Å²) in [5.41, 5.74) is 1.08. The molecule has 0 fully saturated rings. The second kappa shape index (κ2) is 5.75. The van der Waals surface area contributed by atoms with Crippen molar-refractivity contribution in [2.75, 3.05) is 12.4 Å². The van der Waals surface area contributed by atoms with Gasteiger partial charge in [0.2, 0.25) is 0 Å². The van der Waals surface area contributed by atoms with Gasteiger partial charge in [0.25, 0.3) is 5.91 Å². The summed E-state index contributed by atoms with van der Waals surface area (Å²) in [5.74, 6) is -1.41. The Kier molecular flexibility index (Phi) is 4.03. The van der Waals surface area contributed by atoms with Crippen LogP contribution in [-0.4, -0.2) is 28.9 Å². The van der Waals surface area contributed by atoms with Crippen LogP contribution in [0.15, 0.2) is 17.5 Å². The fraction of sp³-hybridized carbons (Fsp3) is 0.167. The number of nitrogens with one attached hydrogen (secondary N) is 2. The topological polar surface area (TPSA) is 114 Å². The molecule has 2 rings (SSSR count). The van der Waals surface area contributed by atoms with Crippen LogP contribution in [0.4, 0.5) is 11.5 Å². The summed E-state index contributed by atoms with van der Waals surface area (Å²) in [6.45, 7) is 1.73. The summed E-state index contributed by atoms with van der Waals surface area (Å²) in [6.07, 6.45) is 0. The van der Waals surface area contributed by atoms with Gasteiger partial charge in [-0.3, -0.25) is 4.79 Å². The molecule has 2 aromatic heterocycles. The first-order chi connectivity index (χ1) is 9.93. The Hall–Kier alpha value is -2.68. The molecule has 0 aromatic carbocycles. The summed E-state index contributed by atoms with van der Waals surface area (Å²) in [5, 5.41) is 14.8. The summed E-state index contributed by atoms with van der Waals surface area (Å²) in [7, 11) is 1.25. The average molecular weight is 309 g/mol. The Labute approximate surface area is 122 Å². The van der Waals surface area contributed by atoms with E-state index in [1.165, 1.54) is 19.2 Å². The third-order valence-corrected chi connectivity index (χ3v) is 3.77. The number of esters is 1. The molecule has 2 N–H and O–H groups in total. The van der Waals surface area contributed by atoms with E-state index < -0.39 is 16.8 Å². The number of H-pyrrole nitrogens is 1. The van der Waals surface area contributed by atoms with E-state index in [9.17, 15) is 19.7 Å². The van der Waals surface area contributed by atoms with E-state index in [0.29, 0.717) is 11.3 Å². The van der Waals surface area contributed by atoms with Gasteiger partial charge in [-0.15, -0.1) is 11.3 Å². The van der Waals surface area contributed by atoms with E-state index in [1.54, 1.807) is 12.3 Å². The number of hydrogen-bond acceptors (Lipinski definition) is 6. The number of ether oxygens (including phenoxy) is 1. The SMILES string of the molecule is COC(=O)c1scc(C)c1NC(=O)c1ccc([N+](=O)[O-])[nH]1. The molecule has 21 heavy (non-hydrogen) atoms. The first-order valence-corrected chi connectivity index (χ1v) is 6.63. The van der Waals surface area contributed by atoms with Crippen molar-refractivity contribution in [3.63, 3.8) is 0 Å². The zero-order chi connectivity index (χ0) is 15.6. The molecule has 0 spiro atoms. The molecule has 0 aliphatic rings. The number of anilines is 1. The van der Waals surface area contributed by atoms with Gasteiger partial charge in [0.05, 0.1) is 12.8 Å². The minimum Gasteiger partial charge on any atom is -0.465 e. The Morgan fingerprint density at radius 1 is 1.43 bits per heavy atom. The number of aryl methyl sites for hydroxylation is 1. The molecule has 0 radical (unpaired) electrons. The summed E-state index contributed by atoms with van der Waals surface area (Å²) < 4.78 is 4.64. The molecule has 0 saturated carbocycles. The van der Waals surface area contributed by atoms with E-state index in [0.717, 1.165) is 11.3 Å². The van der Waals surface area contributed by atoms with Crippen LogP contribution >= 0.6 is 11.3 Å². The van der Waals surface area contributed by atoms with Crippen LogP contribution in [0.25, 0.3) is 0 Å². The highest BCUT2D eigenvalue weighted by molar-refractivity contribution is 7.12. The predicted octanol–water partition coefficient (Wildman–Crippen LogP) is 2.33. The van der Waals surface area contributed by atoms with Gasteiger partial charge < -0.3 is 20.2 Å². The maximum absolute atomic E-state index is 12.1. The lowest BCUT2D eigenvalue weighted by Gasteiger charge is -2.05. The maximum Gasteiger partial charge on any atom is 0.350 e. The molecule has 8 nitrogen and oxygen atoms in total. The van der Waals surface area contributed by atoms with Crippen molar-refractivity contribution in [2.45, 2.75) is 6.92 Å². The molecular weight excluding hydrogens is 298 g/mol. The smallest absolute Gasteiger partial charge is 0.350 e. The Balaban J connectivity index is 2.25. The number of amides is 1. The Morgan fingerprint density at radius 3 is 2.71 bits per heavy atom. The molecular formula is C12H11N3O5S. The van der Waals surface area contributed by atoms with Gasteiger partial charge in [0.1, 0.15) is 4.88 Å². The minimum atomic E-state index is -0.632. The van der Waals surface area contributed by atoms with Crippen molar-refractivity contribution in [1.82, 2.24) is 4.98 Å². The van der Waals surface area contributed by atoms with Crippen molar-refractivity contribution < 1.29 is 19.2 Å². The number of thiophene rings is 1. The molecule has 0 aliphatic heterocycles. The van der Waals surface area contributed by atoms with Crippen molar-refractivity contribution >= 4 is 34.7 Å². The second-order valence-electron chi connectivity index (χ2n) is 4.08. The van der Waals surface area contributed by atoms with Crippen molar-refractivity contribution in [2.24, 2.45) is 0 Å². The monoisotopic (exact) mass is 309 g/mol. The molecule has 0 saturated heterocycles. The summed E-state index contributed by atoms with van der Waals surface area (Å²) in [4.78, 5) is 36.2. The number of carbonyl (C=O) groups excluding carboxylic acids is 2. The van der Waals surface area contributed by atoms with Gasteiger partial charge in [-0.1, -0.05) is 0 Å². The van der Waals surface area contributed by atoms with Crippen LogP contribution in [-0.2, 0) is 4.74 Å². The van der Waals surface area contributed by atoms with Crippen LogP contribution in [0.5, 0.6) is 0 Å². The number of carbonyl (C=O) groups is 2. The zero-order valence-corrected chi connectivity index (χ0v) is 11.9. The largest absolute Gasteiger partial charge is 0.465 e. The average Bonchev–Trinajstić information content (AvgIpc) is 3.06. The number of nitro groups is 1. The van der Waals surface area contributed by atoms with Crippen molar-refractivity contribution in [3.05, 3.63) is 43.8 Å². The minimum absolute atomic E-state index is 0.0307. The van der Waals surface area contributed by atoms with Gasteiger partial charge in [0.15, 0.2) is 5.69 Å². The fourth-order valence-corrected chi connectivity index (χ4v) is 2.57. The number of aromatic nitrogens is 1. The highest BCUT2D eigenvalue weighted by atomic mass is 32.1. The lowest BCUT2D eigenvalue weighted by atomic mass is 10.2. The summed E-state index contributed by atoms with van der Waals surface area (Å²) >= 11 is 1.15. The quantitative estimate of drug-likeness (QED) is 0.511. The van der Waals surface area contributed by atoms with Crippen LogP contribution in [0.1, 0.15) is 25.7 Å². The van der Waals surface area contributed by atoms with Gasteiger partial charge in [-0.2, -0.15) is 0 Å². The van der Waals surface area contributed by atoms with Crippen LogP contribution in [0, 0.1) is 17.0 Å². The van der Waals surface area contributed by atoms with E-state index in [1.807, 2.05) is 0 Å². The van der Waals surface area contributed by atoms with Crippen LogP contribution < -0.4 is 5.32 Å². The highest BCUT2D eigenvalue weighted by Crippen LogP contribution is 2.28. The first-order valence-electron chi connectivity index (χ1n) is 5.75. The van der Waals surface area contributed by atoms with E-state index in [2.05, 4.69) is 15.0 Å². The normalized spacial score (nSPS) is 10.2. The zero-order valence-electron chi connectivity index (χ0n) is 11.1. The number of rotatable bonds is 4. The molecule has 0 unspecified atom stereocenters. The summed E-state index contributed by atoms with van der Waals surface area (Å²) in [6, 6.07) is 2.49. The maximum atomic E-state index is 12.1. The van der Waals surface area contributed by atoms with E-state index in [4.69, 9.17) is 0 Å². The Bertz CT molecular complexity index is 718. The Morgan fingerprint density at radius 2 is 2.14 bits per heavy atom. The van der Waals surface area contributed by atoms with Gasteiger partial charge in [-0.25, -0.2) is 9.78 Å². The van der Waals surface area contributed by atoms with Crippen molar-refractivity contribution in [3.8, 4) is 0 Å². The second-order valence-corrected chi connectivity index (χ2v) is 4.96. The predicted molar refractivity (Wildman–Crippen MR) is 75.8 cm³/mol.